The number of rotatable bonds is 9. The van der Waals surface area contributed by atoms with E-state index < -0.39 is 35.4 Å². The van der Waals surface area contributed by atoms with Gasteiger partial charge in [-0.25, -0.2) is 24.5 Å². The minimum atomic E-state index is -1.81. The second-order valence-corrected chi connectivity index (χ2v) is 14.5. The van der Waals surface area contributed by atoms with Crippen molar-refractivity contribution in [2.75, 3.05) is 18.0 Å². The number of carbonyl (C=O) groups is 2. The van der Waals surface area contributed by atoms with Gasteiger partial charge in [0.05, 0.1) is 17.5 Å². The van der Waals surface area contributed by atoms with Gasteiger partial charge in [-0.2, -0.15) is 0 Å². The molecular weight excluding hydrogens is 684 g/mol. The van der Waals surface area contributed by atoms with E-state index in [1.165, 1.54) is 6.20 Å². The first-order valence-corrected chi connectivity index (χ1v) is 16.9. The maximum absolute atomic E-state index is 13.8. The van der Waals surface area contributed by atoms with Gasteiger partial charge in [0.25, 0.3) is 5.89 Å². The summed E-state index contributed by atoms with van der Waals surface area (Å²) in [4.78, 5) is 38.4. The van der Waals surface area contributed by atoms with Gasteiger partial charge in [0.2, 0.25) is 12.3 Å². The summed E-state index contributed by atoms with van der Waals surface area (Å²) in [5.74, 6) is 0.0761. The van der Waals surface area contributed by atoms with Crippen LogP contribution in [0.15, 0.2) is 41.0 Å². The van der Waals surface area contributed by atoms with E-state index in [-0.39, 0.29) is 23.3 Å². The fraction of sp³-hybridized carbons (Fsp3) is 0.529. The van der Waals surface area contributed by atoms with Gasteiger partial charge in [-0.05, 0) is 91.5 Å². The van der Waals surface area contributed by atoms with Crippen molar-refractivity contribution in [2.45, 2.75) is 104 Å². The van der Waals surface area contributed by atoms with Crippen molar-refractivity contribution >= 4 is 39.5 Å². The lowest BCUT2D eigenvalue weighted by Crippen LogP contribution is -2.48. The largest absolute Gasteiger partial charge is 0.444 e. The number of ether oxygens (including phenoxy) is 3. The van der Waals surface area contributed by atoms with Crippen molar-refractivity contribution in [2.24, 2.45) is 0 Å². The normalized spacial score (nSPS) is 14.7. The zero-order valence-corrected chi connectivity index (χ0v) is 30.6. The van der Waals surface area contributed by atoms with Gasteiger partial charge in [0, 0.05) is 24.0 Å². The maximum Gasteiger partial charge on any atom is 0.420 e. The minimum Gasteiger partial charge on any atom is -0.444 e. The number of aromatic nitrogens is 4. The zero-order valence-electron chi connectivity index (χ0n) is 29.0. The van der Waals surface area contributed by atoms with Gasteiger partial charge >= 0.3 is 12.2 Å². The van der Waals surface area contributed by atoms with Crippen molar-refractivity contribution in [1.82, 2.24) is 25.1 Å². The van der Waals surface area contributed by atoms with E-state index in [1.807, 2.05) is 58.0 Å². The lowest BCUT2D eigenvalue weighted by atomic mass is 10.1. The minimum absolute atomic E-state index is 0.0293. The molecule has 48 heavy (non-hydrogen) atoms. The summed E-state index contributed by atoms with van der Waals surface area (Å²) in [6.07, 6.45) is 1.22. The molecule has 0 saturated heterocycles. The predicted octanol–water partition coefficient (Wildman–Crippen LogP) is 7.34. The third-order valence-corrected chi connectivity index (χ3v) is 7.89. The Hall–Kier alpha value is -3.88. The van der Waals surface area contributed by atoms with Crippen molar-refractivity contribution in [1.29, 1.82) is 0 Å². The first-order valence-electron chi connectivity index (χ1n) is 15.8. The molecule has 0 spiro atoms. The van der Waals surface area contributed by atoms with Crippen LogP contribution >= 0.6 is 15.9 Å². The van der Waals surface area contributed by atoms with E-state index in [1.54, 1.807) is 39.5 Å². The van der Waals surface area contributed by atoms with Gasteiger partial charge in [-0.15, -0.1) is 10.2 Å². The average Bonchev–Trinajstić information content (AvgIpc) is 3.50. The van der Waals surface area contributed by atoms with Crippen LogP contribution in [0.5, 0.6) is 0 Å². The molecule has 260 valence electrons. The highest BCUT2D eigenvalue weighted by Gasteiger charge is 2.37. The Bertz CT molecular complexity index is 1630. The van der Waals surface area contributed by atoms with Crippen molar-refractivity contribution < 1.29 is 33.3 Å². The summed E-state index contributed by atoms with van der Waals surface area (Å²) in [6.45, 7) is 16.8. The van der Waals surface area contributed by atoms with Gasteiger partial charge < -0.3 is 28.6 Å². The third-order valence-electron chi connectivity index (χ3n) is 7.25. The fourth-order valence-electron chi connectivity index (χ4n) is 4.43. The van der Waals surface area contributed by atoms with Gasteiger partial charge in [0.1, 0.15) is 11.2 Å². The molecule has 0 radical (unpaired) electrons. The van der Waals surface area contributed by atoms with Crippen molar-refractivity contribution in [3.8, 4) is 23.0 Å². The summed E-state index contributed by atoms with van der Waals surface area (Å²) in [7, 11) is 0. The lowest BCUT2D eigenvalue weighted by molar-refractivity contribution is -0.163. The molecule has 13 nitrogen and oxygen atoms in total. The zero-order chi connectivity index (χ0) is 35.4. The Labute approximate surface area is 289 Å². The van der Waals surface area contributed by atoms with Gasteiger partial charge in [-0.3, -0.25) is 0 Å². The number of aliphatic hydroxyl groups is 1. The van der Waals surface area contributed by atoms with E-state index in [0.29, 0.717) is 42.5 Å². The van der Waals surface area contributed by atoms with Crippen LogP contribution in [0, 0.1) is 0 Å². The summed E-state index contributed by atoms with van der Waals surface area (Å²) >= 11 is 3.45. The van der Waals surface area contributed by atoms with E-state index >= 15 is 0 Å². The van der Waals surface area contributed by atoms with Crippen LogP contribution in [0.1, 0.15) is 86.4 Å². The van der Waals surface area contributed by atoms with Crippen molar-refractivity contribution in [3.63, 3.8) is 0 Å². The van der Waals surface area contributed by atoms with Crippen LogP contribution < -0.4 is 4.90 Å². The monoisotopic (exact) mass is 728 g/mol. The molecule has 3 heterocycles. The SMILES string of the molecule is CCC(C)(C)OC(=O)N(c1ncc(C2=CCN(C(=O)OC(C)(C)C)CC2)nc1-c1nnc(-c2ccc(CBr)cc2)o1)C(O)OC(C)(C)C. The summed E-state index contributed by atoms with van der Waals surface area (Å²) in [5.41, 5.74) is 0.729. The van der Waals surface area contributed by atoms with Crippen LogP contribution in [-0.4, -0.2) is 78.7 Å². The fourth-order valence-corrected chi connectivity index (χ4v) is 4.81. The predicted molar refractivity (Wildman–Crippen MR) is 184 cm³/mol. The molecule has 1 aliphatic rings. The number of anilines is 1. The molecule has 0 saturated carbocycles. The number of nitrogens with zero attached hydrogens (tertiary/aromatic N) is 6. The summed E-state index contributed by atoms with van der Waals surface area (Å²) in [6, 6.07) is 7.59. The molecule has 3 aromatic rings. The average molecular weight is 730 g/mol. The molecular formula is C34H45BrN6O7. The van der Waals surface area contributed by atoms with E-state index in [9.17, 15) is 14.7 Å². The standard InChI is InChI=1S/C34H45BrN6O7/c1-10-34(8,9)48-31(44)41(30(43)47-33(5,6)7)26-25(28-39-38-27(45-28)23-13-11-21(19-35)12-14-23)37-24(20-36-26)22-15-17-40(18-16-22)29(42)46-32(2,3)4/h11-15,20,30,43H,10,16-19H2,1-9H3. The Morgan fingerprint density at radius 3 is 2.25 bits per heavy atom. The molecule has 1 aliphatic heterocycles. The molecule has 14 heteroatoms. The van der Waals surface area contributed by atoms with Gasteiger partial charge in [0.15, 0.2) is 11.5 Å². The number of halogens is 1. The molecule has 1 unspecified atom stereocenters. The quantitative estimate of drug-likeness (QED) is 0.174. The molecule has 1 atom stereocenters. The number of alkyl halides is 1. The summed E-state index contributed by atoms with van der Waals surface area (Å²) < 4.78 is 23.2. The number of hydrogen-bond acceptors (Lipinski definition) is 11. The summed E-state index contributed by atoms with van der Waals surface area (Å²) in [5, 5.41) is 20.5. The number of benzene rings is 1. The lowest BCUT2D eigenvalue weighted by Gasteiger charge is -2.34. The molecule has 0 bridgehead atoms. The second-order valence-electron chi connectivity index (χ2n) is 14.0. The Balaban J connectivity index is 1.80. The van der Waals surface area contributed by atoms with E-state index in [2.05, 4.69) is 31.1 Å². The van der Waals surface area contributed by atoms with E-state index in [0.717, 1.165) is 16.0 Å². The Morgan fingerprint density at radius 1 is 1.02 bits per heavy atom. The Morgan fingerprint density at radius 2 is 1.69 bits per heavy atom. The number of hydrogen-bond donors (Lipinski definition) is 1. The third kappa shape index (κ3) is 9.60. The van der Waals surface area contributed by atoms with Crippen LogP contribution in [0.3, 0.4) is 0 Å². The van der Waals surface area contributed by atoms with Crippen LogP contribution in [0.2, 0.25) is 0 Å². The molecule has 4 rings (SSSR count). The first-order chi connectivity index (χ1) is 22.4. The number of amides is 2. The van der Waals surface area contributed by atoms with E-state index in [4.69, 9.17) is 23.6 Å². The topological polar surface area (TPSA) is 153 Å². The second kappa shape index (κ2) is 14.7. The van der Waals surface area contributed by atoms with Crippen molar-refractivity contribution in [3.05, 3.63) is 47.8 Å². The molecule has 0 aliphatic carbocycles. The highest BCUT2D eigenvalue weighted by Crippen LogP contribution is 2.34. The molecule has 0 fully saturated rings. The molecule has 2 aromatic heterocycles. The molecule has 2 amide bonds. The molecule has 1 N–H and O–H groups in total. The van der Waals surface area contributed by atoms with Gasteiger partial charge in [-0.1, -0.05) is 41.1 Å². The van der Waals surface area contributed by atoms with Crippen LogP contribution in [-0.2, 0) is 19.5 Å². The maximum atomic E-state index is 13.8. The van der Waals surface area contributed by atoms with Crippen LogP contribution in [0.25, 0.3) is 28.6 Å². The number of aliphatic hydroxyl groups excluding tert-OH is 1. The highest BCUT2D eigenvalue weighted by molar-refractivity contribution is 9.08. The number of carbonyl (C=O) groups excluding carboxylic acids is 2. The smallest absolute Gasteiger partial charge is 0.420 e. The highest BCUT2D eigenvalue weighted by atomic mass is 79.9. The first kappa shape index (κ1) is 36.9. The molecule has 1 aromatic carbocycles. The van der Waals surface area contributed by atoms with Crippen LogP contribution in [0.4, 0.5) is 15.4 Å². The Kier molecular flexibility index (Phi) is 11.3.